The molecule has 1 atom stereocenters. The molecular formula is C15H28BrN3O. The van der Waals surface area contributed by atoms with E-state index in [1.807, 2.05) is 10.9 Å². The molecule has 0 amide bonds. The Labute approximate surface area is 131 Å². The number of hydrogen-bond donors (Lipinski definition) is 1. The Balaban J connectivity index is 2.38. The van der Waals surface area contributed by atoms with Gasteiger partial charge in [-0.3, -0.25) is 4.68 Å². The predicted molar refractivity (Wildman–Crippen MR) is 86.7 cm³/mol. The zero-order valence-corrected chi connectivity index (χ0v) is 14.4. The van der Waals surface area contributed by atoms with Crippen LogP contribution in [0.15, 0.2) is 10.7 Å². The van der Waals surface area contributed by atoms with Gasteiger partial charge in [-0.1, -0.05) is 45.4 Å². The van der Waals surface area contributed by atoms with Crippen molar-refractivity contribution in [1.29, 1.82) is 0 Å². The van der Waals surface area contributed by atoms with Gasteiger partial charge in [-0.15, -0.1) is 0 Å². The second kappa shape index (κ2) is 10.4. The molecule has 0 aliphatic carbocycles. The standard InChI is InChI=1S/C15H28BrN3O/c1-3-4-5-6-7-8-9-14(17)15-13(16)12-18-19(15)10-11-20-2/h12,14H,3-11,17H2,1-2H3. The summed E-state index contributed by atoms with van der Waals surface area (Å²) >= 11 is 3.55. The number of methoxy groups -OCH3 is 1. The highest BCUT2D eigenvalue weighted by Gasteiger charge is 2.16. The van der Waals surface area contributed by atoms with Crippen molar-refractivity contribution in [2.45, 2.75) is 64.5 Å². The number of nitrogens with two attached hydrogens (primary N) is 1. The summed E-state index contributed by atoms with van der Waals surface area (Å²) < 4.78 is 8.07. The lowest BCUT2D eigenvalue weighted by molar-refractivity contribution is 0.182. The summed E-state index contributed by atoms with van der Waals surface area (Å²) in [4.78, 5) is 0. The number of rotatable bonds is 11. The zero-order chi connectivity index (χ0) is 14.8. The Morgan fingerprint density at radius 1 is 1.30 bits per heavy atom. The van der Waals surface area contributed by atoms with E-state index in [2.05, 4.69) is 28.0 Å². The lowest BCUT2D eigenvalue weighted by Gasteiger charge is -2.15. The number of halogens is 1. The molecule has 1 unspecified atom stereocenters. The molecule has 0 saturated carbocycles. The number of nitrogens with zero attached hydrogens (tertiary/aromatic N) is 2. The quantitative estimate of drug-likeness (QED) is 0.615. The van der Waals surface area contributed by atoms with Crippen LogP contribution in [0.2, 0.25) is 0 Å². The van der Waals surface area contributed by atoms with Gasteiger partial charge in [0.25, 0.3) is 0 Å². The lowest BCUT2D eigenvalue weighted by Crippen LogP contribution is -2.18. The van der Waals surface area contributed by atoms with Crippen LogP contribution in [0.4, 0.5) is 0 Å². The Kier molecular flexibility index (Phi) is 9.14. The van der Waals surface area contributed by atoms with Crippen LogP contribution in [-0.4, -0.2) is 23.5 Å². The Morgan fingerprint density at radius 3 is 2.70 bits per heavy atom. The molecule has 1 rings (SSSR count). The summed E-state index contributed by atoms with van der Waals surface area (Å²) in [6.07, 6.45) is 10.6. The van der Waals surface area contributed by atoms with Gasteiger partial charge < -0.3 is 10.5 Å². The SMILES string of the molecule is CCCCCCCCC(N)c1c(Br)cnn1CCOC. The fourth-order valence-corrected chi connectivity index (χ4v) is 2.97. The second-order valence-corrected chi connectivity index (χ2v) is 6.11. The van der Waals surface area contributed by atoms with Crippen molar-refractivity contribution in [2.24, 2.45) is 5.73 Å². The van der Waals surface area contributed by atoms with Gasteiger partial charge in [0.05, 0.1) is 29.5 Å². The van der Waals surface area contributed by atoms with E-state index in [0.717, 1.165) is 23.1 Å². The van der Waals surface area contributed by atoms with Crippen LogP contribution >= 0.6 is 15.9 Å². The van der Waals surface area contributed by atoms with E-state index in [9.17, 15) is 0 Å². The van der Waals surface area contributed by atoms with Crippen LogP contribution in [0.1, 0.15) is 63.6 Å². The molecule has 0 aromatic carbocycles. The van der Waals surface area contributed by atoms with Crippen molar-refractivity contribution >= 4 is 15.9 Å². The number of unbranched alkanes of at least 4 members (excludes halogenated alkanes) is 5. The molecule has 20 heavy (non-hydrogen) atoms. The van der Waals surface area contributed by atoms with E-state index in [0.29, 0.717) is 6.61 Å². The first-order valence-electron chi connectivity index (χ1n) is 7.66. The van der Waals surface area contributed by atoms with Crippen molar-refractivity contribution in [2.75, 3.05) is 13.7 Å². The minimum absolute atomic E-state index is 0.0508. The molecular weight excluding hydrogens is 318 g/mol. The van der Waals surface area contributed by atoms with Gasteiger partial charge in [-0.05, 0) is 22.4 Å². The fourth-order valence-electron chi connectivity index (χ4n) is 2.38. The van der Waals surface area contributed by atoms with Gasteiger partial charge in [0.15, 0.2) is 0 Å². The number of aromatic nitrogens is 2. The summed E-state index contributed by atoms with van der Waals surface area (Å²) in [6.45, 7) is 3.65. The topological polar surface area (TPSA) is 53.1 Å². The molecule has 0 bridgehead atoms. The smallest absolute Gasteiger partial charge is 0.0694 e. The molecule has 0 aliphatic rings. The molecule has 0 fully saturated rings. The van der Waals surface area contributed by atoms with Crippen molar-refractivity contribution in [1.82, 2.24) is 9.78 Å². The van der Waals surface area contributed by atoms with E-state index in [-0.39, 0.29) is 6.04 Å². The molecule has 1 aromatic rings. The van der Waals surface area contributed by atoms with E-state index < -0.39 is 0 Å². The largest absolute Gasteiger partial charge is 0.383 e. The average molecular weight is 346 g/mol. The Morgan fingerprint density at radius 2 is 2.00 bits per heavy atom. The Hall–Kier alpha value is -0.390. The molecule has 0 saturated heterocycles. The van der Waals surface area contributed by atoms with E-state index in [4.69, 9.17) is 10.5 Å². The highest BCUT2D eigenvalue weighted by Crippen LogP contribution is 2.25. The van der Waals surface area contributed by atoms with Gasteiger partial charge >= 0.3 is 0 Å². The van der Waals surface area contributed by atoms with Gasteiger partial charge in [-0.2, -0.15) is 5.10 Å². The van der Waals surface area contributed by atoms with E-state index in [1.54, 1.807) is 7.11 Å². The van der Waals surface area contributed by atoms with Crippen molar-refractivity contribution in [3.05, 3.63) is 16.4 Å². The third kappa shape index (κ3) is 5.94. The Bertz CT molecular complexity index is 368. The molecule has 0 spiro atoms. The second-order valence-electron chi connectivity index (χ2n) is 5.26. The van der Waals surface area contributed by atoms with Crippen molar-refractivity contribution in [3.63, 3.8) is 0 Å². The third-order valence-electron chi connectivity index (χ3n) is 3.56. The van der Waals surface area contributed by atoms with Gasteiger partial charge in [-0.25, -0.2) is 0 Å². The predicted octanol–water partition coefficient (Wildman–Crippen LogP) is 4.04. The maximum Gasteiger partial charge on any atom is 0.0694 e. The van der Waals surface area contributed by atoms with Crippen LogP contribution in [0, 0.1) is 0 Å². The molecule has 1 heterocycles. The average Bonchev–Trinajstić information content (AvgIpc) is 2.81. The molecule has 0 radical (unpaired) electrons. The highest BCUT2D eigenvalue weighted by atomic mass is 79.9. The minimum atomic E-state index is 0.0508. The normalized spacial score (nSPS) is 12.8. The first-order valence-corrected chi connectivity index (χ1v) is 8.45. The molecule has 2 N–H and O–H groups in total. The minimum Gasteiger partial charge on any atom is -0.383 e. The maximum atomic E-state index is 6.32. The van der Waals surface area contributed by atoms with Gasteiger partial charge in [0.2, 0.25) is 0 Å². The fraction of sp³-hybridized carbons (Fsp3) is 0.800. The lowest BCUT2D eigenvalue weighted by atomic mass is 10.0. The molecule has 1 aromatic heterocycles. The van der Waals surface area contributed by atoms with Crippen LogP contribution in [0.25, 0.3) is 0 Å². The van der Waals surface area contributed by atoms with E-state index in [1.165, 1.54) is 38.5 Å². The summed E-state index contributed by atoms with van der Waals surface area (Å²) in [7, 11) is 1.70. The summed E-state index contributed by atoms with van der Waals surface area (Å²) in [5, 5.41) is 4.35. The molecule has 5 heteroatoms. The summed E-state index contributed by atoms with van der Waals surface area (Å²) in [5.74, 6) is 0. The maximum absolute atomic E-state index is 6.32. The summed E-state index contributed by atoms with van der Waals surface area (Å²) in [6, 6.07) is 0.0508. The number of ether oxygens (including phenoxy) is 1. The van der Waals surface area contributed by atoms with Crippen molar-refractivity contribution in [3.8, 4) is 0 Å². The van der Waals surface area contributed by atoms with Crippen LogP contribution in [-0.2, 0) is 11.3 Å². The summed E-state index contributed by atoms with van der Waals surface area (Å²) in [5.41, 5.74) is 7.42. The molecule has 0 aliphatic heterocycles. The monoisotopic (exact) mass is 345 g/mol. The van der Waals surface area contributed by atoms with E-state index >= 15 is 0 Å². The number of hydrogen-bond acceptors (Lipinski definition) is 3. The first-order chi connectivity index (χ1) is 9.70. The zero-order valence-electron chi connectivity index (χ0n) is 12.8. The van der Waals surface area contributed by atoms with Crippen LogP contribution in [0.5, 0.6) is 0 Å². The van der Waals surface area contributed by atoms with Crippen LogP contribution in [0.3, 0.4) is 0 Å². The molecule has 4 nitrogen and oxygen atoms in total. The van der Waals surface area contributed by atoms with Crippen LogP contribution < -0.4 is 5.73 Å². The van der Waals surface area contributed by atoms with Crippen molar-refractivity contribution < 1.29 is 4.74 Å². The molecule has 116 valence electrons. The first kappa shape index (κ1) is 17.7. The third-order valence-corrected chi connectivity index (χ3v) is 4.17. The highest BCUT2D eigenvalue weighted by molar-refractivity contribution is 9.10. The van der Waals surface area contributed by atoms with Gasteiger partial charge in [0.1, 0.15) is 0 Å². The van der Waals surface area contributed by atoms with Gasteiger partial charge in [0, 0.05) is 13.2 Å².